The molecule has 0 aliphatic rings. The van der Waals surface area contributed by atoms with Crippen molar-refractivity contribution < 1.29 is 24.5 Å². The summed E-state index contributed by atoms with van der Waals surface area (Å²) in [6.45, 7) is 1.70. The number of phenols is 2. The Morgan fingerprint density at radius 1 is 1.12 bits per heavy atom. The molecule has 1 heterocycles. The predicted octanol–water partition coefficient (Wildman–Crippen LogP) is 2.38. The van der Waals surface area contributed by atoms with E-state index in [0.717, 1.165) is 6.07 Å². The van der Waals surface area contributed by atoms with Crippen LogP contribution in [0, 0.1) is 6.92 Å². The summed E-state index contributed by atoms with van der Waals surface area (Å²) >= 11 is 0. The summed E-state index contributed by atoms with van der Waals surface area (Å²) in [6, 6.07) is 5.90. The van der Waals surface area contributed by atoms with Gasteiger partial charge in [0, 0.05) is 5.56 Å². The number of anilines is 1. The van der Waals surface area contributed by atoms with E-state index >= 15 is 0 Å². The molecule has 1 aromatic heterocycles. The number of carbonyl (C=O) groups excluding carboxylic acids is 1. The van der Waals surface area contributed by atoms with Gasteiger partial charge in [-0.1, -0.05) is 0 Å². The van der Waals surface area contributed by atoms with E-state index in [4.69, 9.17) is 10.2 Å². The Morgan fingerprint density at radius 3 is 2.48 bits per heavy atom. The van der Waals surface area contributed by atoms with Crippen LogP contribution < -0.4 is 16.5 Å². The van der Waals surface area contributed by atoms with Crippen LogP contribution in [-0.2, 0) is 0 Å². The molecule has 0 unspecified atom stereocenters. The summed E-state index contributed by atoms with van der Waals surface area (Å²) in [5.41, 5.74) is 5.44. The first-order valence-electron chi connectivity index (χ1n) is 7.17. The number of primary amides is 1. The number of carbonyl (C=O) groups is 1. The molecule has 0 saturated carbocycles. The molecular weight excluding hydrogens is 328 g/mol. The van der Waals surface area contributed by atoms with E-state index in [2.05, 4.69) is 5.32 Å². The summed E-state index contributed by atoms with van der Waals surface area (Å²) < 4.78 is 5.63. The van der Waals surface area contributed by atoms with E-state index in [0.29, 0.717) is 5.56 Å². The van der Waals surface area contributed by atoms with Crippen LogP contribution in [0.5, 0.6) is 17.2 Å². The lowest BCUT2D eigenvalue weighted by Gasteiger charge is -2.11. The van der Waals surface area contributed by atoms with Gasteiger partial charge >= 0.3 is 6.03 Å². The molecule has 0 aliphatic heterocycles. The quantitative estimate of drug-likeness (QED) is 0.452. The molecule has 25 heavy (non-hydrogen) atoms. The second kappa shape index (κ2) is 5.75. The van der Waals surface area contributed by atoms with Gasteiger partial charge in [-0.3, -0.25) is 4.79 Å². The van der Waals surface area contributed by atoms with Gasteiger partial charge < -0.3 is 30.8 Å². The first kappa shape index (κ1) is 16.2. The lowest BCUT2D eigenvalue weighted by atomic mass is 10.1. The van der Waals surface area contributed by atoms with Gasteiger partial charge in [0.15, 0.2) is 22.8 Å². The lowest BCUT2D eigenvalue weighted by Crippen LogP contribution is -2.20. The van der Waals surface area contributed by atoms with Gasteiger partial charge in [-0.25, -0.2) is 4.79 Å². The number of phenolic OH excluding ortho intramolecular Hbond substituents is 2. The average Bonchev–Trinajstić information content (AvgIpc) is 2.53. The number of aryl methyl sites for hydroxylation is 1. The fourth-order valence-electron chi connectivity index (χ4n) is 2.52. The number of fused-ring (bicyclic) bond motifs is 1. The van der Waals surface area contributed by atoms with Crippen LogP contribution in [0.1, 0.15) is 5.56 Å². The van der Waals surface area contributed by atoms with Crippen LogP contribution in [0.4, 0.5) is 10.5 Å². The van der Waals surface area contributed by atoms with Crippen molar-refractivity contribution in [2.45, 2.75) is 6.92 Å². The smallest absolute Gasteiger partial charge is 0.316 e. The number of aromatic hydroxyl groups is 3. The molecule has 0 atom stereocenters. The maximum Gasteiger partial charge on any atom is 0.316 e. The first-order chi connectivity index (χ1) is 11.8. The van der Waals surface area contributed by atoms with Crippen molar-refractivity contribution in [3.63, 3.8) is 0 Å². The third-order valence-electron chi connectivity index (χ3n) is 3.61. The summed E-state index contributed by atoms with van der Waals surface area (Å²) in [6.07, 6.45) is 0. The Morgan fingerprint density at radius 2 is 1.84 bits per heavy atom. The third-order valence-corrected chi connectivity index (χ3v) is 3.61. The summed E-state index contributed by atoms with van der Waals surface area (Å²) in [5, 5.41) is 31.7. The molecule has 8 heteroatoms. The predicted molar refractivity (Wildman–Crippen MR) is 90.9 cm³/mol. The number of urea groups is 1. The minimum atomic E-state index is -0.841. The molecule has 2 aromatic carbocycles. The van der Waals surface area contributed by atoms with Crippen molar-refractivity contribution in [2.75, 3.05) is 5.32 Å². The summed E-state index contributed by atoms with van der Waals surface area (Å²) in [7, 11) is 0. The van der Waals surface area contributed by atoms with Gasteiger partial charge in [0.2, 0.25) is 11.2 Å². The topological polar surface area (TPSA) is 146 Å². The monoisotopic (exact) mass is 342 g/mol. The SMILES string of the molecule is Cc1cc(NC(N)=O)c2oc(-c3ccc(O)c(O)c3)c(O)c(=O)c2c1. The molecule has 2 amide bonds. The van der Waals surface area contributed by atoms with Gasteiger partial charge in [-0.05, 0) is 42.8 Å². The number of hydrogen-bond acceptors (Lipinski definition) is 6. The van der Waals surface area contributed by atoms with Crippen molar-refractivity contribution in [1.82, 2.24) is 0 Å². The maximum absolute atomic E-state index is 12.5. The van der Waals surface area contributed by atoms with E-state index in [1.807, 2.05) is 0 Å². The number of nitrogens with one attached hydrogen (secondary N) is 1. The highest BCUT2D eigenvalue weighted by Crippen LogP contribution is 2.36. The Hall–Kier alpha value is -3.68. The number of nitrogens with two attached hydrogens (primary N) is 1. The highest BCUT2D eigenvalue weighted by molar-refractivity contribution is 5.99. The minimum Gasteiger partial charge on any atom is -0.504 e. The molecule has 3 rings (SSSR count). The molecular formula is C17H14N2O6. The number of amides is 2. The summed E-state index contributed by atoms with van der Waals surface area (Å²) in [5.74, 6) is -1.69. The van der Waals surface area contributed by atoms with Crippen LogP contribution in [0.15, 0.2) is 39.5 Å². The Kier molecular flexibility index (Phi) is 3.72. The number of benzene rings is 2. The summed E-state index contributed by atoms with van der Waals surface area (Å²) in [4.78, 5) is 23.7. The van der Waals surface area contributed by atoms with Gasteiger partial charge in [-0.2, -0.15) is 0 Å². The molecule has 0 fully saturated rings. The second-order valence-electron chi connectivity index (χ2n) is 5.49. The highest BCUT2D eigenvalue weighted by Gasteiger charge is 2.19. The second-order valence-corrected chi connectivity index (χ2v) is 5.49. The molecule has 6 N–H and O–H groups in total. The third kappa shape index (κ3) is 2.80. The van der Waals surface area contributed by atoms with E-state index < -0.39 is 23.0 Å². The lowest BCUT2D eigenvalue weighted by molar-refractivity contribution is 0.259. The normalized spacial score (nSPS) is 10.8. The van der Waals surface area contributed by atoms with E-state index in [1.165, 1.54) is 18.2 Å². The largest absolute Gasteiger partial charge is 0.504 e. The van der Waals surface area contributed by atoms with Crippen LogP contribution in [-0.4, -0.2) is 21.4 Å². The zero-order chi connectivity index (χ0) is 18.3. The van der Waals surface area contributed by atoms with Gasteiger partial charge in [-0.15, -0.1) is 0 Å². The zero-order valence-corrected chi connectivity index (χ0v) is 13.0. The van der Waals surface area contributed by atoms with E-state index in [1.54, 1.807) is 13.0 Å². The fourth-order valence-corrected chi connectivity index (χ4v) is 2.52. The maximum atomic E-state index is 12.5. The van der Waals surface area contributed by atoms with Crippen LogP contribution >= 0.6 is 0 Å². The number of hydrogen-bond donors (Lipinski definition) is 5. The van der Waals surface area contributed by atoms with Crippen molar-refractivity contribution in [2.24, 2.45) is 5.73 Å². The fraction of sp³-hybridized carbons (Fsp3) is 0.0588. The average molecular weight is 342 g/mol. The van der Waals surface area contributed by atoms with Gasteiger partial charge in [0.1, 0.15) is 0 Å². The molecule has 0 saturated heterocycles. The van der Waals surface area contributed by atoms with Gasteiger partial charge in [0.05, 0.1) is 11.1 Å². The zero-order valence-electron chi connectivity index (χ0n) is 13.0. The molecule has 128 valence electrons. The first-order valence-corrected chi connectivity index (χ1v) is 7.17. The number of rotatable bonds is 2. The molecule has 0 radical (unpaired) electrons. The van der Waals surface area contributed by atoms with E-state index in [9.17, 15) is 24.9 Å². The molecule has 0 aliphatic carbocycles. The molecule has 0 spiro atoms. The standard InChI is InChI=1S/C17H14N2O6/c1-7-4-9-13(22)14(23)15(8-2-3-11(20)12(21)6-8)25-16(9)10(5-7)19-17(18)24/h2-6,20-21,23H,1H3,(H3,18,19,24). The van der Waals surface area contributed by atoms with Crippen molar-refractivity contribution in [1.29, 1.82) is 0 Å². The van der Waals surface area contributed by atoms with Crippen LogP contribution in [0.2, 0.25) is 0 Å². The minimum absolute atomic E-state index is 0.0229. The molecule has 8 nitrogen and oxygen atoms in total. The van der Waals surface area contributed by atoms with Crippen molar-refractivity contribution >= 4 is 22.7 Å². The Balaban J connectivity index is 2.36. The van der Waals surface area contributed by atoms with Crippen molar-refractivity contribution in [3.05, 3.63) is 46.1 Å². The van der Waals surface area contributed by atoms with Crippen molar-refractivity contribution in [3.8, 4) is 28.6 Å². The molecule has 0 bridgehead atoms. The Labute approximate surface area is 140 Å². The Bertz CT molecular complexity index is 1070. The van der Waals surface area contributed by atoms with Gasteiger partial charge in [0.25, 0.3) is 0 Å². The van der Waals surface area contributed by atoms with Crippen LogP contribution in [0.25, 0.3) is 22.3 Å². The molecule has 3 aromatic rings. The van der Waals surface area contributed by atoms with E-state index in [-0.39, 0.29) is 33.7 Å². The highest BCUT2D eigenvalue weighted by atomic mass is 16.4. The van der Waals surface area contributed by atoms with Crippen LogP contribution in [0.3, 0.4) is 0 Å².